The minimum absolute atomic E-state index is 0.0171. The van der Waals surface area contributed by atoms with Crippen LogP contribution in [-0.4, -0.2) is 54.0 Å². The number of alkyl halides is 3. The van der Waals surface area contributed by atoms with Crippen LogP contribution in [-0.2, 0) is 17.5 Å². The average Bonchev–Trinajstić information content (AvgIpc) is 3.15. The number of anilines is 1. The Morgan fingerprint density at radius 2 is 2.00 bits per heavy atom. The predicted molar refractivity (Wildman–Crippen MR) is 112 cm³/mol. The third kappa shape index (κ3) is 6.03. The van der Waals surface area contributed by atoms with Gasteiger partial charge in [0.05, 0.1) is 17.7 Å². The second kappa shape index (κ2) is 9.34. The number of hydrogen-bond donors (Lipinski definition) is 0. The molecule has 1 aliphatic rings. The van der Waals surface area contributed by atoms with Crippen molar-refractivity contribution in [1.29, 1.82) is 0 Å². The molecular formula is C20H21BClF3N4O2. The average molecular weight is 453 g/mol. The molecule has 2 aromatic rings. The number of carbonyl (C=O) groups is 1. The van der Waals surface area contributed by atoms with Crippen molar-refractivity contribution in [2.75, 3.05) is 18.0 Å². The first kappa shape index (κ1) is 23.2. The van der Waals surface area contributed by atoms with Crippen LogP contribution in [0.15, 0.2) is 30.6 Å². The molecule has 2 radical (unpaired) electrons. The van der Waals surface area contributed by atoms with E-state index in [-0.39, 0.29) is 23.7 Å². The first-order valence-corrected chi connectivity index (χ1v) is 10.1. The fourth-order valence-corrected chi connectivity index (χ4v) is 3.64. The molecular weight excluding hydrogens is 432 g/mol. The summed E-state index contributed by atoms with van der Waals surface area (Å²) in [6.07, 6.45) is -1.78. The molecule has 1 fully saturated rings. The number of hydrogen-bond acceptors (Lipinski definition) is 5. The quantitative estimate of drug-likeness (QED) is 0.649. The van der Waals surface area contributed by atoms with Gasteiger partial charge in [0.2, 0.25) is 5.95 Å². The molecule has 0 N–H and O–H groups in total. The van der Waals surface area contributed by atoms with E-state index < -0.39 is 17.8 Å². The lowest BCUT2D eigenvalue weighted by Crippen LogP contribution is -2.40. The Hall–Kier alpha value is -2.49. The largest absolute Gasteiger partial charge is 0.447 e. The molecule has 0 saturated carbocycles. The molecule has 0 spiro atoms. The van der Waals surface area contributed by atoms with Gasteiger partial charge in [-0.1, -0.05) is 17.1 Å². The highest BCUT2D eigenvalue weighted by molar-refractivity contribution is 6.31. The summed E-state index contributed by atoms with van der Waals surface area (Å²) in [5.74, 6) is 0.298. The maximum Gasteiger partial charge on any atom is 0.416 e. The van der Waals surface area contributed by atoms with Crippen molar-refractivity contribution in [1.82, 2.24) is 14.9 Å². The molecule has 0 aliphatic carbocycles. The van der Waals surface area contributed by atoms with E-state index in [9.17, 15) is 18.0 Å². The number of halogens is 4. The van der Waals surface area contributed by atoms with E-state index in [0.29, 0.717) is 36.5 Å². The van der Waals surface area contributed by atoms with Gasteiger partial charge in [0.15, 0.2) is 0 Å². The Bertz CT molecular complexity index is 928. The summed E-state index contributed by atoms with van der Waals surface area (Å²) < 4.78 is 44.9. The Kier molecular flexibility index (Phi) is 6.98. The van der Waals surface area contributed by atoms with Gasteiger partial charge in [-0.2, -0.15) is 13.2 Å². The molecule has 0 unspecified atom stereocenters. The van der Waals surface area contributed by atoms with Crippen molar-refractivity contribution in [3.63, 3.8) is 0 Å². The van der Waals surface area contributed by atoms with Crippen molar-refractivity contribution >= 4 is 37.0 Å². The zero-order chi connectivity index (χ0) is 22.8. The standard InChI is InChI=1S/C20H21BClF3N4O2/c1-12(2)31-19(30)28-4-3-17(11-28)29(18-26-8-15(21)9-27-18)10-13-5-14(20(23,24)25)7-16(22)6-13/h5-9,12,17H,3-4,10-11H2,1-2H3/t17-/m0/s1. The second-order valence-electron chi connectivity index (χ2n) is 7.61. The van der Waals surface area contributed by atoms with Gasteiger partial charge in [-0.25, -0.2) is 14.8 Å². The Morgan fingerprint density at radius 3 is 2.61 bits per heavy atom. The van der Waals surface area contributed by atoms with Crippen LogP contribution in [0.5, 0.6) is 0 Å². The molecule has 11 heteroatoms. The van der Waals surface area contributed by atoms with Gasteiger partial charge in [-0.15, -0.1) is 0 Å². The summed E-state index contributed by atoms with van der Waals surface area (Å²) in [6, 6.07) is 3.18. The molecule has 1 aromatic heterocycles. The summed E-state index contributed by atoms with van der Waals surface area (Å²) in [4.78, 5) is 24.0. The molecule has 6 nitrogen and oxygen atoms in total. The Labute approximate surface area is 184 Å². The highest BCUT2D eigenvalue weighted by atomic mass is 35.5. The lowest BCUT2D eigenvalue weighted by molar-refractivity contribution is -0.137. The summed E-state index contributed by atoms with van der Waals surface area (Å²) in [5.41, 5.74) is -0.121. The number of aromatic nitrogens is 2. The van der Waals surface area contributed by atoms with Gasteiger partial charge >= 0.3 is 12.3 Å². The van der Waals surface area contributed by atoms with Crippen LogP contribution in [0.1, 0.15) is 31.4 Å². The van der Waals surface area contributed by atoms with E-state index >= 15 is 0 Å². The third-order valence-corrected chi connectivity index (χ3v) is 4.97. The summed E-state index contributed by atoms with van der Waals surface area (Å²) in [5, 5.41) is -0.0171. The van der Waals surface area contributed by atoms with E-state index in [4.69, 9.17) is 24.2 Å². The SMILES string of the molecule is [B]c1cnc(N(Cc2cc(Cl)cc(C(F)(F)F)c2)[C@H]2CCN(C(=O)OC(C)C)C2)nc1. The molecule has 1 aliphatic heterocycles. The zero-order valence-electron chi connectivity index (χ0n) is 17.1. The van der Waals surface area contributed by atoms with Crippen LogP contribution in [0.2, 0.25) is 5.02 Å². The van der Waals surface area contributed by atoms with Crippen molar-refractivity contribution in [2.24, 2.45) is 0 Å². The van der Waals surface area contributed by atoms with Gasteiger partial charge < -0.3 is 14.5 Å². The molecule has 31 heavy (non-hydrogen) atoms. The van der Waals surface area contributed by atoms with E-state index in [1.165, 1.54) is 18.5 Å². The highest BCUT2D eigenvalue weighted by Gasteiger charge is 2.34. The minimum Gasteiger partial charge on any atom is -0.447 e. The van der Waals surface area contributed by atoms with Crippen LogP contribution >= 0.6 is 11.6 Å². The number of benzene rings is 1. The number of rotatable bonds is 5. The van der Waals surface area contributed by atoms with Gasteiger partial charge in [0, 0.05) is 37.1 Å². The Morgan fingerprint density at radius 1 is 1.32 bits per heavy atom. The summed E-state index contributed by atoms with van der Waals surface area (Å²) >= 11 is 5.94. The second-order valence-corrected chi connectivity index (χ2v) is 8.05. The van der Waals surface area contributed by atoms with Crippen molar-refractivity contribution in [3.8, 4) is 0 Å². The fourth-order valence-electron chi connectivity index (χ4n) is 3.38. The number of nitrogens with zero attached hydrogens (tertiary/aromatic N) is 4. The van der Waals surface area contributed by atoms with E-state index in [2.05, 4.69) is 9.97 Å². The number of carbonyl (C=O) groups excluding carboxylic acids is 1. The smallest absolute Gasteiger partial charge is 0.416 e. The number of ether oxygens (including phenoxy) is 1. The maximum absolute atomic E-state index is 13.2. The molecule has 1 atom stereocenters. The highest BCUT2D eigenvalue weighted by Crippen LogP contribution is 2.33. The lowest BCUT2D eigenvalue weighted by Gasteiger charge is -2.29. The molecule has 1 aromatic carbocycles. The van der Waals surface area contributed by atoms with Crippen molar-refractivity contribution in [2.45, 2.75) is 45.1 Å². The third-order valence-electron chi connectivity index (χ3n) is 4.75. The lowest BCUT2D eigenvalue weighted by atomic mass is 10.0. The first-order valence-electron chi connectivity index (χ1n) is 9.69. The van der Waals surface area contributed by atoms with E-state index in [1.54, 1.807) is 23.6 Å². The van der Waals surface area contributed by atoms with Gasteiger partial charge in [0.1, 0.15) is 7.85 Å². The summed E-state index contributed by atoms with van der Waals surface area (Å²) in [7, 11) is 5.67. The molecule has 1 saturated heterocycles. The van der Waals surface area contributed by atoms with Crippen LogP contribution in [0, 0.1) is 0 Å². The van der Waals surface area contributed by atoms with Crippen molar-refractivity contribution in [3.05, 3.63) is 46.7 Å². The van der Waals surface area contributed by atoms with Crippen LogP contribution < -0.4 is 10.4 Å². The number of amides is 1. The summed E-state index contributed by atoms with van der Waals surface area (Å²) in [6.45, 7) is 4.37. The molecule has 0 bridgehead atoms. The molecule has 164 valence electrons. The maximum atomic E-state index is 13.2. The first-order chi connectivity index (χ1) is 14.5. The van der Waals surface area contributed by atoms with Crippen LogP contribution in [0.3, 0.4) is 0 Å². The van der Waals surface area contributed by atoms with Gasteiger partial charge in [0.25, 0.3) is 0 Å². The minimum atomic E-state index is -4.52. The van der Waals surface area contributed by atoms with E-state index in [0.717, 1.165) is 12.1 Å². The molecule has 1 amide bonds. The fraction of sp³-hybridized carbons (Fsp3) is 0.450. The predicted octanol–water partition coefficient (Wildman–Crippen LogP) is 3.57. The zero-order valence-corrected chi connectivity index (χ0v) is 17.8. The van der Waals surface area contributed by atoms with Gasteiger partial charge in [-0.05, 0) is 44.0 Å². The monoisotopic (exact) mass is 452 g/mol. The van der Waals surface area contributed by atoms with Crippen LogP contribution in [0.25, 0.3) is 0 Å². The van der Waals surface area contributed by atoms with Gasteiger partial charge in [-0.3, -0.25) is 0 Å². The Balaban J connectivity index is 1.88. The van der Waals surface area contributed by atoms with E-state index in [1.807, 2.05) is 0 Å². The van der Waals surface area contributed by atoms with Crippen molar-refractivity contribution < 1.29 is 22.7 Å². The topological polar surface area (TPSA) is 58.6 Å². The molecule has 2 heterocycles. The normalized spacial score (nSPS) is 16.6. The van der Waals surface area contributed by atoms with Crippen LogP contribution in [0.4, 0.5) is 23.9 Å². The molecule has 3 rings (SSSR count). The number of likely N-dealkylation sites (tertiary alicyclic amines) is 1.